The van der Waals surface area contributed by atoms with Gasteiger partial charge in [0.1, 0.15) is 0 Å². The maximum Gasteiger partial charge on any atom is 0.257 e. The second kappa shape index (κ2) is 13.4. The zero-order chi connectivity index (χ0) is 13.7. The highest BCUT2D eigenvalue weighted by Gasteiger charge is 1.99. The molecule has 1 aliphatic rings. The summed E-state index contributed by atoms with van der Waals surface area (Å²) in [4.78, 5) is 0. The van der Waals surface area contributed by atoms with E-state index in [2.05, 4.69) is 13.0 Å². The minimum Gasteiger partial charge on any atom is -0.206 e. The standard InChI is InChI=1S/C7H12.C6H10F2.C2H6/c1-2-7-5-3-4-6-7;1-5(2)3-4-6(7)8;1-2/h5H,2-4,6H2,1H3;3-6H,1-2H3;1-2H3/b;4-3+;. The van der Waals surface area contributed by atoms with Crippen LogP contribution in [0.4, 0.5) is 8.78 Å². The Labute approximate surface area is 106 Å². The van der Waals surface area contributed by atoms with Crippen LogP contribution in [-0.2, 0) is 0 Å². The van der Waals surface area contributed by atoms with Crippen LogP contribution in [0.5, 0.6) is 0 Å². The Morgan fingerprint density at radius 1 is 1.24 bits per heavy atom. The minimum atomic E-state index is -2.29. The van der Waals surface area contributed by atoms with Crippen molar-refractivity contribution in [2.24, 2.45) is 5.92 Å². The summed E-state index contributed by atoms with van der Waals surface area (Å²) in [7, 11) is 0. The van der Waals surface area contributed by atoms with Gasteiger partial charge < -0.3 is 0 Å². The number of allylic oxidation sites excluding steroid dienone is 4. The van der Waals surface area contributed by atoms with Crippen LogP contribution in [0.1, 0.15) is 60.3 Å². The lowest BCUT2D eigenvalue weighted by atomic mass is 10.2. The van der Waals surface area contributed by atoms with E-state index in [4.69, 9.17) is 0 Å². The van der Waals surface area contributed by atoms with Crippen molar-refractivity contribution in [3.05, 3.63) is 23.8 Å². The summed E-state index contributed by atoms with van der Waals surface area (Å²) >= 11 is 0. The lowest BCUT2D eigenvalue weighted by Gasteiger charge is -1.91. The summed E-state index contributed by atoms with van der Waals surface area (Å²) in [6.45, 7) is 9.95. The lowest BCUT2D eigenvalue weighted by Crippen LogP contribution is -1.83. The molecule has 0 saturated heterocycles. The van der Waals surface area contributed by atoms with Gasteiger partial charge in [0.15, 0.2) is 0 Å². The van der Waals surface area contributed by atoms with Crippen molar-refractivity contribution in [2.45, 2.75) is 66.7 Å². The first-order chi connectivity index (χ1) is 8.06. The molecule has 0 aliphatic heterocycles. The number of rotatable bonds is 3. The van der Waals surface area contributed by atoms with Gasteiger partial charge in [-0.25, -0.2) is 8.78 Å². The van der Waals surface area contributed by atoms with Gasteiger partial charge >= 0.3 is 0 Å². The van der Waals surface area contributed by atoms with Gasteiger partial charge in [0, 0.05) is 0 Å². The average Bonchev–Trinajstić information content (AvgIpc) is 2.83. The summed E-state index contributed by atoms with van der Waals surface area (Å²) in [5.41, 5.74) is 1.67. The van der Waals surface area contributed by atoms with Gasteiger partial charge in [-0.1, -0.05) is 52.3 Å². The van der Waals surface area contributed by atoms with Crippen LogP contribution in [0.2, 0.25) is 0 Å². The highest BCUT2D eigenvalue weighted by molar-refractivity contribution is 5.05. The van der Waals surface area contributed by atoms with Gasteiger partial charge in [0.25, 0.3) is 6.43 Å². The third kappa shape index (κ3) is 15.3. The van der Waals surface area contributed by atoms with E-state index in [1.807, 2.05) is 27.7 Å². The van der Waals surface area contributed by atoms with Crippen LogP contribution in [0.25, 0.3) is 0 Å². The maximum absolute atomic E-state index is 11.3. The zero-order valence-electron chi connectivity index (χ0n) is 12.0. The summed E-state index contributed by atoms with van der Waals surface area (Å²) in [6, 6.07) is 0. The number of hydrogen-bond donors (Lipinski definition) is 0. The third-order valence-electron chi connectivity index (χ3n) is 2.23. The summed E-state index contributed by atoms with van der Waals surface area (Å²) in [5.74, 6) is 0.226. The number of hydrogen-bond acceptors (Lipinski definition) is 0. The summed E-state index contributed by atoms with van der Waals surface area (Å²) < 4.78 is 22.6. The van der Waals surface area contributed by atoms with E-state index in [1.54, 1.807) is 5.57 Å². The van der Waals surface area contributed by atoms with Crippen LogP contribution in [-0.4, -0.2) is 6.43 Å². The van der Waals surface area contributed by atoms with Crippen LogP contribution >= 0.6 is 0 Å². The van der Waals surface area contributed by atoms with Gasteiger partial charge in [-0.15, -0.1) is 0 Å². The first-order valence-electron chi connectivity index (χ1n) is 6.70. The molecule has 0 fully saturated rings. The van der Waals surface area contributed by atoms with Crippen molar-refractivity contribution in [3.8, 4) is 0 Å². The van der Waals surface area contributed by atoms with E-state index in [0.29, 0.717) is 0 Å². The summed E-state index contributed by atoms with van der Waals surface area (Å²) in [5, 5.41) is 0. The molecule has 0 N–H and O–H groups in total. The molecule has 0 aromatic rings. The monoisotopic (exact) mass is 246 g/mol. The van der Waals surface area contributed by atoms with Gasteiger partial charge in [-0.3, -0.25) is 0 Å². The molecule has 0 radical (unpaired) electrons. The molecule has 0 saturated carbocycles. The van der Waals surface area contributed by atoms with Gasteiger partial charge in [0.2, 0.25) is 0 Å². The van der Waals surface area contributed by atoms with Gasteiger partial charge in [-0.05, 0) is 37.7 Å². The first-order valence-corrected chi connectivity index (χ1v) is 6.70. The van der Waals surface area contributed by atoms with E-state index >= 15 is 0 Å². The Balaban J connectivity index is 0. The molecule has 0 unspecified atom stereocenters. The quantitative estimate of drug-likeness (QED) is 0.536. The molecule has 0 aromatic carbocycles. The predicted octanol–water partition coefficient (Wildman–Crippen LogP) is 6.00. The normalized spacial score (nSPS) is 14.3. The molecule has 1 aliphatic carbocycles. The van der Waals surface area contributed by atoms with E-state index in [0.717, 1.165) is 6.08 Å². The zero-order valence-corrected chi connectivity index (χ0v) is 12.0. The van der Waals surface area contributed by atoms with E-state index in [1.165, 1.54) is 31.8 Å². The Kier molecular flexibility index (Phi) is 14.7. The van der Waals surface area contributed by atoms with Gasteiger partial charge in [0.05, 0.1) is 0 Å². The fourth-order valence-electron chi connectivity index (χ4n) is 1.36. The van der Waals surface area contributed by atoms with Crippen molar-refractivity contribution in [3.63, 3.8) is 0 Å². The molecule has 0 spiro atoms. The average molecular weight is 246 g/mol. The topological polar surface area (TPSA) is 0 Å². The third-order valence-corrected chi connectivity index (χ3v) is 2.23. The Morgan fingerprint density at radius 2 is 1.82 bits per heavy atom. The SMILES string of the molecule is CC.CC(C)/C=C/C(F)F.CCC1=CCCC1. The minimum absolute atomic E-state index is 0.226. The molecule has 0 bridgehead atoms. The van der Waals surface area contributed by atoms with Crippen molar-refractivity contribution >= 4 is 0 Å². The maximum atomic E-state index is 11.3. The molecule has 0 amide bonds. The lowest BCUT2D eigenvalue weighted by molar-refractivity contribution is 0.203. The van der Waals surface area contributed by atoms with Crippen LogP contribution in [0.3, 0.4) is 0 Å². The Hall–Kier alpha value is -0.660. The highest BCUT2D eigenvalue weighted by atomic mass is 19.3. The molecule has 0 aromatic heterocycles. The number of halogens is 2. The molecule has 1 rings (SSSR count). The predicted molar refractivity (Wildman–Crippen MR) is 73.6 cm³/mol. The van der Waals surface area contributed by atoms with Crippen molar-refractivity contribution in [2.75, 3.05) is 0 Å². The molecule has 17 heavy (non-hydrogen) atoms. The Bertz CT molecular complexity index is 193. The van der Waals surface area contributed by atoms with E-state index in [9.17, 15) is 8.78 Å². The summed E-state index contributed by atoms with van der Waals surface area (Å²) in [6.07, 6.45) is 7.87. The van der Waals surface area contributed by atoms with Crippen LogP contribution < -0.4 is 0 Å². The molecule has 0 nitrogen and oxygen atoms in total. The van der Waals surface area contributed by atoms with Crippen molar-refractivity contribution < 1.29 is 8.78 Å². The largest absolute Gasteiger partial charge is 0.257 e. The molecule has 0 heterocycles. The smallest absolute Gasteiger partial charge is 0.206 e. The fourth-order valence-corrected chi connectivity index (χ4v) is 1.36. The van der Waals surface area contributed by atoms with E-state index < -0.39 is 6.43 Å². The molecular weight excluding hydrogens is 218 g/mol. The second-order valence-electron chi connectivity index (χ2n) is 4.07. The van der Waals surface area contributed by atoms with Crippen LogP contribution in [0, 0.1) is 5.92 Å². The second-order valence-corrected chi connectivity index (χ2v) is 4.07. The van der Waals surface area contributed by atoms with E-state index in [-0.39, 0.29) is 5.92 Å². The molecular formula is C15H28F2. The number of alkyl halides is 2. The van der Waals surface area contributed by atoms with Crippen LogP contribution in [0.15, 0.2) is 23.8 Å². The first kappa shape index (κ1) is 18.7. The van der Waals surface area contributed by atoms with Crippen molar-refractivity contribution in [1.29, 1.82) is 0 Å². The fraction of sp³-hybridized carbons (Fsp3) is 0.733. The molecule has 2 heteroatoms. The molecule has 0 atom stereocenters. The van der Waals surface area contributed by atoms with Gasteiger partial charge in [-0.2, -0.15) is 0 Å². The van der Waals surface area contributed by atoms with Crippen molar-refractivity contribution in [1.82, 2.24) is 0 Å². The highest BCUT2D eigenvalue weighted by Crippen LogP contribution is 2.19. The molecule has 102 valence electrons. The Morgan fingerprint density at radius 3 is 2.00 bits per heavy atom.